The molecular formula is C14H16N4O. The molecule has 0 radical (unpaired) electrons. The molecule has 0 aliphatic rings. The van der Waals surface area contributed by atoms with Gasteiger partial charge in [-0.25, -0.2) is 0 Å². The lowest BCUT2D eigenvalue weighted by Gasteiger charge is -2.04. The zero-order valence-electron chi connectivity index (χ0n) is 11.2. The summed E-state index contributed by atoms with van der Waals surface area (Å²) < 4.78 is 9.27. The van der Waals surface area contributed by atoms with E-state index in [1.54, 1.807) is 18.0 Å². The highest BCUT2D eigenvalue weighted by atomic mass is 16.5. The largest absolute Gasteiger partial charge is 0.495 e. The average Bonchev–Trinajstić information content (AvgIpc) is 2.90. The van der Waals surface area contributed by atoms with E-state index in [0.29, 0.717) is 5.69 Å². The van der Waals surface area contributed by atoms with Crippen LogP contribution in [0, 0.1) is 0 Å². The van der Waals surface area contributed by atoms with E-state index < -0.39 is 0 Å². The summed E-state index contributed by atoms with van der Waals surface area (Å²) in [6.07, 6.45) is 3.73. The molecule has 5 nitrogen and oxygen atoms in total. The highest BCUT2D eigenvalue weighted by molar-refractivity contribution is 6.00. The standard InChI is InChI=1S/C14H16N4O/c1-17-8-10(13-11(15)7-16-18(13)2)9-5-4-6-12(19-3)14(9)17/h4-8H,15H2,1-3H3. The molecule has 0 saturated heterocycles. The Hall–Kier alpha value is -2.43. The molecule has 2 aromatic heterocycles. The van der Waals surface area contributed by atoms with Crippen LogP contribution in [0.5, 0.6) is 5.75 Å². The summed E-state index contributed by atoms with van der Waals surface area (Å²) in [6, 6.07) is 6.01. The van der Waals surface area contributed by atoms with Crippen molar-refractivity contribution in [1.29, 1.82) is 0 Å². The van der Waals surface area contributed by atoms with Crippen LogP contribution in [0.4, 0.5) is 5.69 Å². The van der Waals surface area contributed by atoms with Crippen molar-refractivity contribution in [2.75, 3.05) is 12.8 Å². The molecule has 0 saturated carbocycles. The van der Waals surface area contributed by atoms with Gasteiger partial charge in [0.2, 0.25) is 0 Å². The Morgan fingerprint density at radius 1 is 1.26 bits per heavy atom. The minimum atomic E-state index is 0.679. The van der Waals surface area contributed by atoms with E-state index >= 15 is 0 Å². The van der Waals surface area contributed by atoms with Crippen LogP contribution < -0.4 is 10.5 Å². The van der Waals surface area contributed by atoms with Gasteiger partial charge in [0.05, 0.1) is 30.2 Å². The van der Waals surface area contributed by atoms with Crippen LogP contribution in [0.3, 0.4) is 0 Å². The lowest BCUT2D eigenvalue weighted by molar-refractivity contribution is 0.418. The number of methoxy groups -OCH3 is 1. The number of benzene rings is 1. The zero-order chi connectivity index (χ0) is 13.6. The van der Waals surface area contributed by atoms with Gasteiger partial charge in [0, 0.05) is 31.2 Å². The lowest BCUT2D eigenvalue weighted by atomic mass is 10.1. The Labute approximate surface area is 111 Å². The van der Waals surface area contributed by atoms with E-state index in [9.17, 15) is 0 Å². The molecule has 3 rings (SSSR count). The molecule has 19 heavy (non-hydrogen) atoms. The number of fused-ring (bicyclic) bond motifs is 1. The number of anilines is 1. The van der Waals surface area contributed by atoms with E-state index in [4.69, 9.17) is 10.5 Å². The third-order valence-electron chi connectivity index (χ3n) is 3.41. The Balaban J connectivity index is 2.38. The van der Waals surface area contributed by atoms with Crippen LogP contribution in [0.1, 0.15) is 0 Å². The predicted octanol–water partition coefficient (Wildman–Crippen LogP) is 2.17. The molecule has 2 heterocycles. The molecule has 0 amide bonds. The molecule has 0 unspecified atom stereocenters. The number of aryl methyl sites for hydroxylation is 2. The quantitative estimate of drug-likeness (QED) is 0.764. The first-order valence-electron chi connectivity index (χ1n) is 6.03. The van der Waals surface area contributed by atoms with Gasteiger partial charge in [-0.1, -0.05) is 12.1 Å². The van der Waals surface area contributed by atoms with Crippen molar-refractivity contribution in [3.05, 3.63) is 30.6 Å². The van der Waals surface area contributed by atoms with Gasteiger partial charge in [-0.05, 0) is 6.07 Å². The summed E-state index contributed by atoms with van der Waals surface area (Å²) >= 11 is 0. The van der Waals surface area contributed by atoms with Crippen LogP contribution in [0.25, 0.3) is 22.2 Å². The molecule has 1 aromatic carbocycles. The van der Waals surface area contributed by atoms with Gasteiger partial charge in [-0.15, -0.1) is 0 Å². The number of para-hydroxylation sites is 1. The number of hydrogen-bond acceptors (Lipinski definition) is 3. The molecule has 0 fully saturated rings. The van der Waals surface area contributed by atoms with E-state index in [2.05, 4.69) is 21.9 Å². The fourth-order valence-electron chi connectivity index (χ4n) is 2.57. The second kappa shape index (κ2) is 4.05. The monoisotopic (exact) mass is 256 g/mol. The van der Waals surface area contributed by atoms with Crippen molar-refractivity contribution in [2.45, 2.75) is 0 Å². The fraction of sp³-hybridized carbons (Fsp3) is 0.214. The van der Waals surface area contributed by atoms with Gasteiger partial charge in [0.15, 0.2) is 0 Å². The Bertz CT molecular complexity index is 735. The van der Waals surface area contributed by atoms with Crippen molar-refractivity contribution in [1.82, 2.24) is 14.3 Å². The summed E-state index contributed by atoms with van der Waals surface area (Å²) in [7, 11) is 5.57. The summed E-state index contributed by atoms with van der Waals surface area (Å²) in [6.45, 7) is 0. The van der Waals surface area contributed by atoms with Gasteiger partial charge in [0.25, 0.3) is 0 Å². The van der Waals surface area contributed by atoms with Gasteiger partial charge < -0.3 is 15.0 Å². The van der Waals surface area contributed by atoms with Crippen molar-refractivity contribution in [3.63, 3.8) is 0 Å². The third-order valence-corrected chi connectivity index (χ3v) is 3.41. The van der Waals surface area contributed by atoms with E-state index in [1.807, 2.05) is 26.2 Å². The highest BCUT2D eigenvalue weighted by Crippen LogP contribution is 2.36. The zero-order valence-corrected chi connectivity index (χ0v) is 11.2. The molecule has 5 heteroatoms. The maximum atomic E-state index is 6.02. The molecule has 0 bridgehead atoms. The number of hydrogen-bond donors (Lipinski definition) is 1. The maximum Gasteiger partial charge on any atom is 0.143 e. The molecule has 3 aromatic rings. The molecular weight excluding hydrogens is 240 g/mol. The third kappa shape index (κ3) is 1.58. The number of nitrogens with two attached hydrogens (primary N) is 1. The lowest BCUT2D eigenvalue weighted by Crippen LogP contribution is -1.95. The van der Waals surface area contributed by atoms with Crippen LogP contribution >= 0.6 is 0 Å². The number of nitrogen functional groups attached to an aromatic ring is 1. The minimum absolute atomic E-state index is 0.679. The summed E-state index contributed by atoms with van der Waals surface area (Å²) in [4.78, 5) is 0. The maximum absolute atomic E-state index is 6.02. The first-order valence-corrected chi connectivity index (χ1v) is 6.03. The molecule has 0 atom stereocenters. The average molecular weight is 256 g/mol. The topological polar surface area (TPSA) is 58.0 Å². The van der Waals surface area contributed by atoms with Crippen LogP contribution in [0.15, 0.2) is 30.6 Å². The Morgan fingerprint density at radius 3 is 2.68 bits per heavy atom. The molecule has 0 spiro atoms. The highest BCUT2D eigenvalue weighted by Gasteiger charge is 2.16. The number of ether oxygens (including phenoxy) is 1. The SMILES string of the molecule is COc1cccc2c(-c3c(N)cnn3C)cn(C)c12. The van der Waals surface area contributed by atoms with Crippen molar-refractivity contribution in [3.8, 4) is 17.0 Å². The van der Waals surface area contributed by atoms with Crippen molar-refractivity contribution >= 4 is 16.6 Å². The van der Waals surface area contributed by atoms with Gasteiger partial charge >= 0.3 is 0 Å². The normalized spacial score (nSPS) is 11.1. The summed E-state index contributed by atoms with van der Waals surface area (Å²) in [5.41, 5.74) is 9.75. The molecule has 0 aliphatic carbocycles. The smallest absolute Gasteiger partial charge is 0.143 e. The Kier molecular flexibility index (Phi) is 2.48. The summed E-state index contributed by atoms with van der Waals surface area (Å²) in [5, 5.41) is 5.31. The number of nitrogens with zero attached hydrogens (tertiary/aromatic N) is 3. The van der Waals surface area contributed by atoms with E-state index in [-0.39, 0.29) is 0 Å². The van der Waals surface area contributed by atoms with E-state index in [0.717, 1.165) is 27.9 Å². The van der Waals surface area contributed by atoms with Crippen LogP contribution in [-0.4, -0.2) is 21.5 Å². The predicted molar refractivity (Wildman–Crippen MR) is 76.1 cm³/mol. The van der Waals surface area contributed by atoms with Crippen molar-refractivity contribution < 1.29 is 4.74 Å². The fourth-order valence-corrected chi connectivity index (χ4v) is 2.57. The minimum Gasteiger partial charge on any atom is -0.495 e. The molecule has 98 valence electrons. The first kappa shape index (κ1) is 11.6. The molecule has 0 aliphatic heterocycles. The van der Waals surface area contributed by atoms with Gasteiger partial charge in [-0.2, -0.15) is 5.10 Å². The van der Waals surface area contributed by atoms with Gasteiger partial charge in [0.1, 0.15) is 5.75 Å². The first-order chi connectivity index (χ1) is 9.13. The van der Waals surface area contributed by atoms with E-state index in [1.165, 1.54) is 0 Å². The second-order valence-electron chi connectivity index (χ2n) is 4.58. The van der Waals surface area contributed by atoms with Gasteiger partial charge in [-0.3, -0.25) is 4.68 Å². The summed E-state index contributed by atoms with van der Waals surface area (Å²) in [5.74, 6) is 0.854. The Morgan fingerprint density at radius 2 is 2.05 bits per heavy atom. The number of aromatic nitrogens is 3. The molecule has 2 N–H and O–H groups in total. The second-order valence-corrected chi connectivity index (χ2v) is 4.58. The number of rotatable bonds is 2. The van der Waals surface area contributed by atoms with Crippen molar-refractivity contribution in [2.24, 2.45) is 14.1 Å². The van der Waals surface area contributed by atoms with Crippen LogP contribution in [0.2, 0.25) is 0 Å². The van der Waals surface area contributed by atoms with Crippen LogP contribution in [-0.2, 0) is 14.1 Å².